The van der Waals surface area contributed by atoms with E-state index in [9.17, 15) is 14.5 Å². The third kappa shape index (κ3) is 4.73. The first-order valence-electron chi connectivity index (χ1n) is 9.59. The number of H-pyrrole nitrogens is 1. The van der Waals surface area contributed by atoms with Gasteiger partial charge in [-0.2, -0.15) is 15.5 Å². The summed E-state index contributed by atoms with van der Waals surface area (Å²) >= 11 is 3.23. The Morgan fingerprint density at radius 1 is 1.36 bits per heavy atom. The van der Waals surface area contributed by atoms with E-state index in [2.05, 4.69) is 36.2 Å². The predicted octanol–water partition coefficient (Wildman–Crippen LogP) is 4.40. The van der Waals surface area contributed by atoms with Crippen LogP contribution < -0.4 is 4.74 Å². The van der Waals surface area contributed by atoms with Crippen LogP contribution in [-0.4, -0.2) is 29.9 Å². The molecule has 3 aromatic heterocycles. The normalized spacial score (nSPS) is 11.7. The molecule has 0 aliphatic heterocycles. The quantitative estimate of drug-likeness (QED) is 0.286. The minimum atomic E-state index is -0.780. The second-order valence-corrected chi connectivity index (χ2v) is 7.91. The molecule has 12 heteroatoms. The molecule has 1 aromatic carbocycles. The lowest BCUT2D eigenvalue weighted by atomic mass is 10.1. The van der Waals surface area contributed by atoms with Gasteiger partial charge >= 0.3 is 5.82 Å². The fourth-order valence-corrected chi connectivity index (χ4v) is 3.62. The molecular weight excluding hydrogens is 497 g/mol. The number of nitriles is 1. The van der Waals surface area contributed by atoms with E-state index >= 15 is 0 Å². The summed E-state index contributed by atoms with van der Waals surface area (Å²) < 4.78 is 22.2. The number of aromatic nitrogens is 5. The summed E-state index contributed by atoms with van der Waals surface area (Å²) in [6.45, 7) is 1.65. The zero-order valence-electron chi connectivity index (χ0n) is 17.1. The molecule has 0 saturated heterocycles. The number of nitrogens with one attached hydrogen (secondary N) is 1. The van der Waals surface area contributed by atoms with E-state index in [0.717, 1.165) is 5.69 Å². The number of nitro groups is 1. The first-order valence-corrected chi connectivity index (χ1v) is 10.4. The van der Waals surface area contributed by atoms with Crippen LogP contribution in [0.15, 0.2) is 53.3 Å². The summed E-state index contributed by atoms with van der Waals surface area (Å²) in [4.78, 5) is 14.5. The molecule has 0 saturated carbocycles. The Balaban J connectivity index is 1.70. The van der Waals surface area contributed by atoms with Crippen LogP contribution in [0, 0.1) is 27.3 Å². The van der Waals surface area contributed by atoms with E-state index in [1.165, 1.54) is 24.4 Å². The first-order chi connectivity index (χ1) is 15.9. The SMILES string of the molecule is C[C@@H](Oc1cc(Br)cnc1[N+](=O)[O-])c1cc(F)ccc1-n1nccc1Cc1cc(C#N)[nH]n1. The van der Waals surface area contributed by atoms with E-state index in [1.807, 2.05) is 6.07 Å². The van der Waals surface area contributed by atoms with E-state index < -0.39 is 22.7 Å². The molecule has 0 aliphatic carbocycles. The maximum atomic E-state index is 14.2. The Bertz CT molecular complexity index is 1380. The van der Waals surface area contributed by atoms with Gasteiger partial charge in [-0.05, 0) is 63.1 Å². The van der Waals surface area contributed by atoms with Gasteiger partial charge in [0.15, 0.2) is 6.20 Å². The molecule has 33 heavy (non-hydrogen) atoms. The van der Waals surface area contributed by atoms with Crippen molar-refractivity contribution in [2.75, 3.05) is 0 Å². The minimum absolute atomic E-state index is 0.0571. The summed E-state index contributed by atoms with van der Waals surface area (Å²) in [5, 5.41) is 31.4. The van der Waals surface area contributed by atoms with Crippen LogP contribution in [0.5, 0.6) is 5.75 Å². The molecule has 4 aromatic rings. The summed E-state index contributed by atoms with van der Waals surface area (Å²) in [6.07, 6.45) is 2.48. The molecule has 1 atom stereocenters. The molecule has 4 rings (SSSR count). The first kappa shape index (κ1) is 22.1. The second-order valence-electron chi connectivity index (χ2n) is 6.99. The van der Waals surface area contributed by atoms with Crippen molar-refractivity contribution < 1.29 is 14.1 Å². The zero-order chi connectivity index (χ0) is 23.5. The Labute approximate surface area is 194 Å². The standard InChI is InChI=1S/C21H15BrFN7O3/c1-12(33-20-6-13(22)11-25-21(20)30(31)32)18-7-14(23)2-3-19(18)29-17(4-5-26-29)9-15-8-16(10-24)28-27-15/h2-8,11-12H,9H2,1H3,(H,27,28)/t12-/m1/s1. The fourth-order valence-electron chi connectivity index (χ4n) is 3.31. The topological polar surface area (TPSA) is 136 Å². The average molecular weight is 512 g/mol. The Kier molecular flexibility index (Phi) is 6.14. The monoisotopic (exact) mass is 511 g/mol. The average Bonchev–Trinajstić information content (AvgIpc) is 3.43. The van der Waals surface area contributed by atoms with Crippen LogP contribution >= 0.6 is 15.9 Å². The number of rotatable bonds is 7. The van der Waals surface area contributed by atoms with Gasteiger partial charge in [-0.25, -0.2) is 9.07 Å². The van der Waals surface area contributed by atoms with E-state index in [0.29, 0.717) is 33.5 Å². The predicted molar refractivity (Wildman–Crippen MR) is 117 cm³/mol. The highest BCUT2D eigenvalue weighted by molar-refractivity contribution is 9.10. The van der Waals surface area contributed by atoms with Crippen molar-refractivity contribution in [2.24, 2.45) is 0 Å². The number of hydrogen-bond acceptors (Lipinski definition) is 7. The lowest BCUT2D eigenvalue weighted by Crippen LogP contribution is -2.12. The number of pyridine rings is 1. The van der Waals surface area contributed by atoms with Crippen LogP contribution in [0.25, 0.3) is 5.69 Å². The van der Waals surface area contributed by atoms with Crippen molar-refractivity contribution in [3.8, 4) is 17.5 Å². The molecular formula is C21H15BrFN7O3. The van der Waals surface area contributed by atoms with Crippen molar-refractivity contribution in [1.29, 1.82) is 5.26 Å². The molecule has 0 fully saturated rings. The maximum Gasteiger partial charge on any atom is 0.406 e. The number of ether oxygens (including phenoxy) is 1. The second kappa shape index (κ2) is 9.17. The maximum absolute atomic E-state index is 14.2. The summed E-state index contributed by atoms with van der Waals surface area (Å²) in [7, 11) is 0. The van der Waals surface area contributed by atoms with Gasteiger partial charge in [-0.15, -0.1) is 0 Å². The summed E-state index contributed by atoms with van der Waals surface area (Å²) in [6, 6.07) is 11.0. The van der Waals surface area contributed by atoms with Crippen molar-refractivity contribution >= 4 is 21.7 Å². The van der Waals surface area contributed by atoms with E-state index in [4.69, 9.17) is 10.00 Å². The Hall–Kier alpha value is -4.11. The lowest BCUT2D eigenvalue weighted by Gasteiger charge is -2.19. The highest BCUT2D eigenvalue weighted by Crippen LogP contribution is 2.33. The molecule has 0 spiro atoms. The van der Waals surface area contributed by atoms with E-state index in [-0.39, 0.29) is 5.75 Å². The van der Waals surface area contributed by atoms with Crippen molar-refractivity contribution in [3.63, 3.8) is 0 Å². The highest BCUT2D eigenvalue weighted by Gasteiger charge is 2.23. The van der Waals surface area contributed by atoms with Gasteiger partial charge in [0.05, 0.1) is 21.5 Å². The molecule has 10 nitrogen and oxygen atoms in total. The van der Waals surface area contributed by atoms with Crippen LogP contribution in [0.4, 0.5) is 10.2 Å². The van der Waals surface area contributed by atoms with Crippen LogP contribution in [0.3, 0.4) is 0 Å². The van der Waals surface area contributed by atoms with Crippen LogP contribution in [0.1, 0.15) is 35.7 Å². The van der Waals surface area contributed by atoms with Crippen molar-refractivity contribution in [3.05, 3.63) is 91.8 Å². The van der Waals surface area contributed by atoms with Gasteiger partial charge in [0, 0.05) is 24.2 Å². The summed E-state index contributed by atoms with van der Waals surface area (Å²) in [5.41, 5.74) is 2.67. The number of aromatic amines is 1. The van der Waals surface area contributed by atoms with Gasteiger partial charge in [0.1, 0.15) is 23.7 Å². The fraction of sp³-hybridized carbons (Fsp3) is 0.143. The Morgan fingerprint density at radius 3 is 2.91 bits per heavy atom. The number of halogens is 2. The van der Waals surface area contributed by atoms with E-state index in [1.54, 1.807) is 36.0 Å². The molecule has 0 amide bonds. The van der Waals surface area contributed by atoms with Crippen molar-refractivity contribution in [2.45, 2.75) is 19.4 Å². The third-order valence-corrected chi connectivity index (χ3v) is 5.20. The molecule has 0 unspecified atom stereocenters. The molecule has 0 aliphatic rings. The number of hydrogen-bond donors (Lipinski definition) is 1. The zero-order valence-corrected chi connectivity index (χ0v) is 18.7. The third-order valence-electron chi connectivity index (χ3n) is 4.77. The van der Waals surface area contributed by atoms with Gasteiger partial charge in [0.25, 0.3) is 0 Å². The molecule has 166 valence electrons. The minimum Gasteiger partial charge on any atom is -0.478 e. The lowest BCUT2D eigenvalue weighted by molar-refractivity contribution is -0.390. The van der Waals surface area contributed by atoms with Crippen LogP contribution in [-0.2, 0) is 6.42 Å². The number of nitrogens with zero attached hydrogens (tertiary/aromatic N) is 6. The van der Waals surface area contributed by atoms with Gasteiger partial charge < -0.3 is 14.9 Å². The van der Waals surface area contributed by atoms with Crippen molar-refractivity contribution in [1.82, 2.24) is 25.0 Å². The Morgan fingerprint density at radius 2 is 2.18 bits per heavy atom. The smallest absolute Gasteiger partial charge is 0.406 e. The van der Waals surface area contributed by atoms with Gasteiger partial charge in [0.2, 0.25) is 5.75 Å². The largest absolute Gasteiger partial charge is 0.478 e. The molecule has 1 N–H and O–H groups in total. The molecule has 0 radical (unpaired) electrons. The summed E-state index contributed by atoms with van der Waals surface area (Å²) in [5.74, 6) is -1.00. The molecule has 0 bridgehead atoms. The van der Waals surface area contributed by atoms with Gasteiger partial charge in [-0.1, -0.05) is 0 Å². The number of benzene rings is 1. The van der Waals surface area contributed by atoms with Crippen LogP contribution in [0.2, 0.25) is 0 Å². The van der Waals surface area contributed by atoms with Gasteiger partial charge in [-0.3, -0.25) is 5.10 Å². The highest BCUT2D eigenvalue weighted by atomic mass is 79.9. The molecule has 3 heterocycles.